The quantitative estimate of drug-likeness (QED) is 0.626. The number of ether oxygens (including phenoxy) is 1. The van der Waals surface area contributed by atoms with Crippen LogP contribution in [0.15, 0.2) is 54.2 Å². The molecule has 0 spiro atoms. The number of nitriles is 1. The maximum absolute atomic E-state index is 12.9. The monoisotopic (exact) mass is 339 g/mol. The van der Waals surface area contributed by atoms with Crippen molar-refractivity contribution in [2.75, 3.05) is 12.4 Å². The molecule has 0 aromatic heterocycles. The summed E-state index contributed by atoms with van der Waals surface area (Å²) in [6.07, 6.45) is 1.33. The lowest BCUT2D eigenvalue weighted by Crippen LogP contribution is -2.17. The fraction of sp³-hybridized carbons (Fsp3) is 0.158. The van der Waals surface area contributed by atoms with E-state index in [0.29, 0.717) is 18.0 Å². The molecule has 0 bridgehead atoms. The molecule has 0 saturated carbocycles. The number of carbonyl (C=O) groups is 1. The van der Waals surface area contributed by atoms with Crippen LogP contribution in [-0.4, -0.2) is 13.0 Å². The Kier molecular flexibility index (Phi) is 6.13. The number of nitrogens with zero attached hydrogens (tertiary/aromatic N) is 1. The Morgan fingerprint density at radius 2 is 2.00 bits per heavy atom. The van der Waals surface area contributed by atoms with Crippen molar-refractivity contribution in [1.29, 1.82) is 5.26 Å². The van der Waals surface area contributed by atoms with Gasteiger partial charge in [-0.25, -0.2) is 4.39 Å². The van der Waals surface area contributed by atoms with E-state index in [9.17, 15) is 14.4 Å². The van der Waals surface area contributed by atoms with Crippen LogP contribution in [0.2, 0.25) is 0 Å². The molecule has 2 aromatic carbocycles. The Labute approximate surface area is 145 Å². The minimum Gasteiger partial charge on any atom is -0.495 e. The maximum Gasteiger partial charge on any atom is 0.267 e. The van der Waals surface area contributed by atoms with Crippen LogP contribution < -0.4 is 15.4 Å². The Hall–Kier alpha value is -3.33. The van der Waals surface area contributed by atoms with E-state index in [2.05, 4.69) is 10.6 Å². The molecule has 2 N–H and O–H groups in total. The first-order chi connectivity index (χ1) is 12.0. The molecule has 2 aromatic rings. The Bertz CT molecular complexity index is 824. The molecule has 0 unspecified atom stereocenters. The molecule has 0 aliphatic carbocycles. The molecular weight excluding hydrogens is 321 g/mol. The van der Waals surface area contributed by atoms with Crippen LogP contribution in [0, 0.1) is 24.1 Å². The van der Waals surface area contributed by atoms with Crippen LogP contribution in [0.25, 0.3) is 0 Å². The van der Waals surface area contributed by atoms with E-state index in [4.69, 9.17) is 4.74 Å². The van der Waals surface area contributed by atoms with Gasteiger partial charge in [-0.2, -0.15) is 5.26 Å². The predicted octanol–water partition coefficient (Wildman–Crippen LogP) is 3.28. The number of aryl methyl sites for hydroxylation is 1. The number of carbonyl (C=O) groups excluding carboxylic acids is 1. The van der Waals surface area contributed by atoms with E-state index in [1.165, 1.54) is 25.4 Å². The molecule has 1 amide bonds. The van der Waals surface area contributed by atoms with Gasteiger partial charge in [0.05, 0.1) is 12.8 Å². The minimum absolute atomic E-state index is 0.0781. The largest absolute Gasteiger partial charge is 0.495 e. The molecule has 0 aliphatic rings. The number of rotatable bonds is 6. The first-order valence-corrected chi connectivity index (χ1v) is 7.57. The predicted molar refractivity (Wildman–Crippen MR) is 93.3 cm³/mol. The molecule has 0 saturated heterocycles. The van der Waals surface area contributed by atoms with Crippen molar-refractivity contribution in [3.63, 3.8) is 0 Å². The van der Waals surface area contributed by atoms with Crippen molar-refractivity contribution >= 4 is 11.6 Å². The number of benzene rings is 2. The van der Waals surface area contributed by atoms with Gasteiger partial charge in [-0.1, -0.05) is 18.2 Å². The van der Waals surface area contributed by atoms with E-state index < -0.39 is 5.91 Å². The molecule has 0 fully saturated rings. The number of nitrogens with one attached hydrogen (secondary N) is 2. The van der Waals surface area contributed by atoms with Crippen molar-refractivity contribution < 1.29 is 13.9 Å². The van der Waals surface area contributed by atoms with E-state index in [1.807, 2.05) is 19.1 Å². The van der Waals surface area contributed by atoms with Crippen LogP contribution in [0.5, 0.6) is 5.75 Å². The van der Waals surface area contributed by atoms with E-state index in [1.54, 1.807) is 24.3 Å². The van der Waals surface area contributed by atoms with Crippen LogP contribution in [0.1, 0.15) is 11.1 Å². The van der Waals surface area contributed by atoms with Gasteiger partial charge in [-0.05, 0) is 42.3 Å². The van der Waals surface area contributed by atoms with Gasteiger partial charge in [0.25, 0.3) is 5.91 Å². The third kappa shape index (κ3) is 5.08. The second kappa shape index (κ2) is 8.50. The van der Waals surface area contributed by atoms with Crippen molar-refractivity contribution in [3.05, 3.63) is 71.2 Å². The van der Waals surface area contributed by atoms with Crippen molar-refractivity contribution in [3.8, 4) is 11.8 Å². The molecule has 0 aliphatic heterocycles. The number of halogens is 1. The molecule has 6 heteroatoms. The third-order valence-corrected chi connectivity index (χ3v) is 3.43. The third-order valence-electron chi connectivity index (χ3n) is 3.43. The maximum atomic E-state index is 12.9. The lowest BCUT2D eigenvalue weighted by molar-refractivity contribution is -0.112. The first kappa shape index (κ1) is 18.0. The lowest BCUT2D eigenvalue weighted by Gasteiger charge is -2.10. The molecule has 5 nitrogen and oxygen atoms in total. The average molecular weight is 339 g/mol. The van der Waals surface area contributed by atoms with Gasteiger partial charge >= 0.3 is 0 Å². The van der Waals surface area contributed by atoms with Crippen LogP contribution >= 0.6 is 0 Å². The molecule has 0 radical (unpaired) electrons. The topological polar surface area (TPSA) is 74.1 Å². The SMILES string of the molecule is COc1ccc(C)cc1NC(=O)/C(C#N)=C\NCc1ccc(F)cc1. The van der Waals surface area contributed by atoms with Gasteiger partial charge in [0.2, 0.25) is 0 Å². The minimum atomic E-state index is -0.544. The van der Waals surface area contributed by atoms with Gasteiger partial charge in [-0.3, -0.25) is 4.79 Å². The summed E-state index contributed by atoms with van der Waals surface area (Å²) >= 11 is 0. The highest BCUT2D eigenvalue weighted by Crippen LogP contribution is 2.25. The highest BCUT2D eigenvalue weighted by Gasteiger charge is 2.12. The Balaban J connectivity index is 2.04. The van der Waals surface area contributed by atoms with Crippen LogP contribution in [0.4, 0.5) is 10.1 Å². The van der Waals surface area contributed by atoms with Crippen molar-refractivity contribution in [1.82, 2.24) is 5.32 Å². The number of hydrogen-bond acceptors (Lipinski definition) is 4. The van der Waals surface area contributed by atoms with Gasteiger partial charge in [-0.15, -0.1) is 0 Å². The standard InChI is InChI=1S/C19H18FN3O2/c1-13-3-8-18(25-2)17(9-13)23-19(24)15(10-21)12-22-11-14-4-6-16(20)7-5-14/h3-9,12,22H,11H2,1-2H3,(H,23,24)/b15-12-. The summed E-state index contributed by atoms with van der Waals surface area (Å²) in [5, 5.41) is 14.7. The van der Waals surface area contributed by atoms with E-state index in [0.717, 1.165) is 11.1 Å². The molecular formula is C19H18FN3O2. The van der Waals surface area contributed by atoms with E-state index in [-0.39, 0.29) is 11.4 Å². The van der Waals surface area contributed by atoms with Gasteiger partial charge in [0, 0.05) is 12.7 Å². The fourth-order valence-corrected chi connectivity index (χ4v) is 2.13. The lowest BCUT2D eigenvalue weighted by atomic mass is 10.2. The zero-order valence-electron chi connectivity index (χ0n) is 14.0. The zero-order valence-corrected chi connectivity index (χ0v) is 14.0. The first-order valence-electron chi connectivity index (χ1n) is 7.57. The summed E-state index contributed by atoms with van der Waals surface area (Å²) in [5.74, 6) is -0.350. The molecule has 25 heavy (non-hydrogen) atoms. The summed E-state index contributed by atoms with van der Waals surface area (Å²) in [4.78, 5) is 12.3. The number of anilines is 1. The Morgan fingerprint density at radius 1 is 1.28 bits per heavy atom. The number of amides is 1. The summed E-state index contributed by atoms with van der Waals surface area (Å²) in [5.41, 5.74) is 2.20. The highest BCUT2D eigenvalue weighted by atomic mass is 19.1. The summed E-state index contributed by atoms with van der Waals surface area (Å²) in [6, 6.07) is 13.2. The highest BCUT2D eigenvalue weighted by molar-refractivity contribution is 6.07. The average Bonchev–Trinajstić information content (AvgIpc) is 2.60. The zero-order chi connectivity index (χ0) is 18.2. The normalized spacial score (nSPS) is 10.7. The molecule has 2 rings (SSSR count). The van der Waals surface area contributed by atoms with Gasteiger partial charge in [0.1, 0.15) is 23.2 Å². The van der Waals surface area contributed by atoms with Crippen LogP contribution in [0.3, 0.4) is 0 Å². The van der Waals surface area contributed by atoms with Gasteiger partial charge in [0.15, 0.2) is 0 Å². The summed E-state index contributed by atoms with van der Waals surface area (Å²) in [6.45, 7) is 2.26. The van der Waals surface area contributed by atoms with Gasteiger partial charge < -0.3 is 15.4 Å². The van der Waals surface area contributed by atoms with Crippen molar-refractivity contribution in [2.45, 2.75) is 13.5 Å². The Morgan fingerprint density at radius 3 is 2.64 bits per heavy atom. The second-order valence-electron chi connectivity index (χ2n) is 5.34. The van der Waals surface area contributed by atoms with Crippen molar-refractivity contribution in [2.24, 2.45) is 0 Å². The van der Waals surface area contributed by atoms with E-state index >= 15 is 0 Å². The molecule has 0 atom stereocenters. The summed E-state index contributed by atoms with van der Waals surface area (Å²) in [7, 11) is 1.51. The number of hydrogen-bond donors (Lipinski definition) is 2. The fourth-order valence-electron chi connectivity index (χ4n) is 2.13. The molecule has 0 heterocycles. The number of methoxy groups -OCH3 is 1. The summed E-state index contributed by atoms with van der Waals surface area (Å²) < 4.78 is 18.1. The van der Waals surface area contributed by atoms with Crippen LogP contribution in [-0.2, 0) is 11.3 Å². The second-order valence-corrected chi connectivity index (χ2v) is 5.34. The molecule has 128 valence electrons. The smallest absolute Gasteiger partial charge is 0.267 e.